The first-order valence-corrected chi connectivity index (χ1v) is 7.65. The first kappa shape index (κ1) is 17.0. The number of carbonyl (C=O) groups is 2. The van der Waals surface area contributed by atoms with Crippen LogP contribution in [-0.2, 0) is 16.0 Å². The summed E-state index contributed by atoms with van der Waals surface area (Å²) in [6, 6.07) is 12.6. The lowest BCUT2D eigenvalue weighted by Gasteiger charge is -2.12. The number of rotatable bonds is 6. The van der Waals surface area contributed by atoms with Crippen LogP contribution in [0.2, 0.25) is 5.02 Å². The average molecular weight is 332 g/mol. The van der Waals surface area contributed by atoms with Gasteiger partial charge in [0.25, 0.3) is 0 Å². The highest BCUT2D eigenvalue weighted by atomic mass is 35.5. The zero-order valence-corrected chi connectivity index (χ0v) is 13.5. The van der Waals surface area contributed by atoms with Crippen LogP contribution in [0.3, 0.4) is 0 Å². The van der Waals surface area contributed by atoms with Crippen LogP contribution in [0.1, 0.15) is 12.5 Å². The normalized spacial score (nSPS) is 11.6. The smallest absolute Gasteiger partial charge is 0.244 e. The summed E-state index contributed by atoms with van der Waals surface area (Å²) in [5, 5.41) is 5.88. The van der Waals surface area contributed by atoms with Crippen LogP contribution in [0.25, 0.3) is 0 Å². The highest BCUT2D eigenvalue weighted by molar-refractivity contribution is 6.30. The lowest BCUT2D eigenvalue weighted by Crippen LogP contribution is -2.36. The summed E-state index contributed by atoms with van der Waals surface area (Å²) in [6.45, 7) is 1.72. The molecule has 1 unspecified atom stereocenters. The van der Waals surface area contributed by atoms with Crippen molar-refractivity contribution >= 4 is 29.2 Å². The molecule has 1 aromatic carbocycles. The van der Waals surface area contributed by atoms with Crippen molar-refractivity contribution in [1.29, 1.82) is 0 Å². The molecule has 23 heavy (non-hydrogen) atoms. The summed E-state index contributed by atoms with van der Waals surface area (Å²) in [4.78, 5) is 27.8. The number of nitrogens with zero attached hydrogens (tertiary/aromatic N) is 1. The highest BCUT2D eigenvalue weighted by Crippen LogP contribution is 2.14. The van der Waals surface area contributed by atoms with Crippen LogP contribution in [-0.4, -0.2) is 23.3 Å². The maximum atomic E-state index is 12.0. The maximum absolute atomic E-state index is 12.0. The molecule has 0 radical (unpaired) electrons. The second kappa shape index (κ2) is 8.29. The number of hydrogen-bond acceptors (Lipinski definition) is 3. The summed E-state index contributed by atoms with van der Waals surface area (Å²) in [5.74, 6) is -0.289. The van der Waals surface area contributed by atoms with Gasteiger partial charge in [-0.05, 0) is 36.2 Å². The van der Waals surface area contributed by atoms with Crippen LogP contribution < -0.4 is 10.6 Å². The molecule has 2 aromatic rings. The molecule has 1 atom stereocenters. The van der Waals surface area contributed by atoms with E-state index in [9.17, 15) is 9.59 Å². The van der Waals surface area contributed by atoms with E-state index in [1.807, 2.05) is 25.1 Å². The van der Waals surface area contributed by atoms with Crippen molar-refractivity contribution in [3.63, 3.8) is 0 Å². The third-order valence-corrected chi connectivity index (χ3v) is 3.47. The number of halogens is 1. The molecule has 0 bridgehead atoms. The van der Waals surface area contributed by atoms with E-state index in [2.05, 4.69) is 15.6 Å². The molecule has 0 spiro atoms. The number of nitrogens with one attached hydrogen (secondary N) is 2. The predicted octanol–water partition coefficient (Wildman–Crippen LogP) is 2.67. The Morgan fingerprint density at radius 1 is 1.22 bits per heavy atom. The van der Waals surface area contributed by atoms with E-state index in [-0.39, 0.29) is 24.3 Å². The molecule has 1 heterocycles. The van der Waals surface area contributed by atoms with Gasteiger partial charge in [0, 0.05) is 17.1 Å². The number of carbonyl (C=O) groups excluding carboxylic acids is 2. The van der Waals surface area contributed by atoms with E-state index < -0.39 is 0 Å². The van der Waals surface area contributed by atoms with Gasteiger partial charge in [-0.25, -0.2) is 4.98 Å². The fourth-order valence-corrected chi connectivity index (χ4v) is 2.29. The Morgan fingerprint density at radius 2 is 2.04 bits per heavy atom. The van der Waals surface area contributed by atoms with Gasteiger partial charge in [-0.3, -0.25) is 9.59 Å². The molecule has 2 amide bonds. The van der Waals surface area contributed by atoms with Gasteiger partial charge in [0.05, 0.1) is 6.54 Å². The number of pyridine rings is 1. The molecule has 5 nitrogen and oxygen atoms in total. The van der Waals surface area contributed by atoms with E-state index in [0.29, 0.717) is 17.3 Å². The number of anilines is 1. The quantitative estimate of drug-likeness (QED) is 0.855. The Morgan fingerprint density at radius 3 is 2.74 bits per heavy atom. The van der Waals surface area contributed by atoms with Gasteiger partial charge in [0.1, 0.15) is 5.82 Å². The predicted molar refractivity (Wildman–Crippen MR) is 90.2 cm³/mol. The Bertz CT molecular complexity index is 677. The van der Waals surface area contributed by atoms with Gasteiger partial charge in [-0.15, -0.1) is 0 Å². The summed E-state index contributed by atoms with van der Waals surface area (Å²) in [5.41, 5.74) is 0.984. The molecule has 0 aliphatic carbocycles. The molecular weight excluding hydrogens is 314 g/mol. The van der Waals surface area contributed by atoms with Gasteiger partial charge in [0.15, 0.2) is 0 Å². The first-order chi connectivity index (χ1) is 11.0. The molecule has 0 saturated heterocycles. The Balaban J connectivity index is 1.78. The van der Waals surface area contributed by atoms with Crippen molar-refractivity contribution in [1.82, 2.24) is 10.3 Å². The van der Waals surface area contributed by atoms with Crippen LogP contribution in [0, 0.1) is 5.92 Å². The molecule has 1 aromatic heterocycles. The number of amides is 2. The Labute approximate surface area is 140 Å². The van der Waals surface area contributed by atoms with E-state index >= 15 is 0 Å². The van der Waals surface area contributed by atoms with E-state index in [4.69, 9.17) is 11.6 Å². The maximum Gasteiger partial charge on any atom is 0.244 e. The minimum absolute atomic E-state index is 0.0880. The molecular formula is C17H18ClN3O2. The first-order valence-electron chi connectivity index (χ1n) is 7.27. The van der Waals surface area contributed by atoms with Crippen molar-refractivity contribution in [3.8, 4) is 0 Å². The van der Waals surface area contributed by atoms with Crippen molar-refractivity contribution in [2.24, 2.45) is 5.92 Å². The number of hydrogen-bond donors (Lipinski definition) is 2. The molecule has 0 aliphatic heterocycles. The topological polar surface area (TPSA) is 71.1 Å². The van der Waals surface area contributed by atoms with Crippen molar-refractivity contribution in [2.45, 2.75) is 13.3 Å². The van der Waals surface area contributed by atoms with Crippen molar-refractivity contribution < 1.29 is 9.59 Å². The van der Waals surface area contributed by atoms with Crippen LogP contribution >= 0.6 is 11.6 Å². The van der Waals surface area contributed by atoms with Crippen LogP contribution in [0.15, 0.2) is 48.7 Å². The molecule has 0 saturated carbocycles. The second-order valence-electron chi connectivity index (χ2n) is 5.22. The summed E-state index contributed by atoms with van der Waals surface area (Å²) in [6.07, 6.45) is 2.15. The third kappa shape index (κ3) is 5.71. The minimum Gasteiger partial charge on any atom is -0.347 e. The van der Waals surface area contributed by atoms with E-state index in [1.165, 1.54) is 0 Å². The second-order valence-corrected chi connectivity index (χ2v) is 5.65. The SMILES string of the molecule is CC(Cc1cccc(Cl)c1)C(=O)NCC(=O)Nc1ccccn1. The van der Waals surface area contributed by atoms with Gasteiger partial charge in [-0.2, -0.15) is 0 Å². The lowest BCUT2D eigenvalue weighted by atomic mass is 10.0. The number of benzene rings is 1. The minimum atomic E-state index is -0.313. The van der Waals surface area contributed by atoms with Crippen LogP contribution in [0.5, 0.6) is 0 Å². The molecule has 0 aliphatic rings. The van der Waals surface area contributed by atoms with E-state index in [1.54, 1.807) is 30.5 Å². The molecule has 120 valence electrons. The monoisotopic (exact) mass is 331 g/mol. The van der Waals surface area contributed by atoms with Gasteiger partial charge in [-0.1, -0.05) is 36.7 Å². The van der Waals surface area contributed by atoms with E-state index in [0.717, 1.165) is 5.56 Å². The largest absolute Gasteiger partial charge is 0.347 e. The zero-order valence-electron chi connectivity index (χ0n) is 12.8. The molecule has 2 rings (SSSR count). The molecule has 2 N–H and O–H groups in total. The van der Waals surface area contributed by atoms with Gasteiger partial charge in [0.2, 0.25) is 11.8 Å². The molecule has 0 fully saturated rings. The summed E-state index contributed by atoms with van der Waals surface area (Å²) < 4.78 is 0. The summed E-state index contributed by atoms with van der Waals surface area (Å²) >= 11 is 5.93. The number of aromatic nitrogens is 1. The van der Waals surface area contributed by atoms with Gasteiger partial charge >= 0.3 is 0 Å². The molecule has 6 heteroatoms. The average Bonchev–Trinajstić information content (AvgIpc) is 2.53. The van der Waals surface area contributed by atoms with Crippen molar-refractivity contribution in [3.05, 3.63) is 59.2 Å². The highest BCUT2D eigenvalue weighted by Gasteiger charge is 2.14. The lowest BCUT2D eigenvalue weighted by molar-refractivity contribution is -0.126. The Hall–Kier alpha value is -2.40. The summed E-state index contributed by atoms with van der Waals surface area (Å²) in [7, 11) is 0. The van der Waals surface area contributed by atoms with Crippen molar-refractivity contribution in [2.75, 3.05) is 11.9 Å². The standard InChI is InChI=1S/C17H18ClN3O2/c1-12(9-13-5-4-6-14(18)10-13)17(23)20-11-16(22)21-15-7-2-3-8-19-15/h2-8,10,12H,9,11H2,1H3,(H,20,23)(H,19,21,22). The third-order valence-electron chi connectivity index (χ3n) is 3.23. The van der Waals surface area contributed by atoms with Crippen LogP contribution in [0.4, 0.5) is 5.82 Å². The van der Waals surface area contributed by atoms with Gasteiger partial charge < -0.3 is 10.6 Å². The Kier molecular flexibility index (Phi) is 6.11. The fourth-order valence-electron chi connectivity index (χ4n) is 2.08. The fraction of sp³-hybridized carbons (Fsp3) is 0.235. The zero-order chi connectivity index (χ0) is 16.7.